The Bertz CT molecular complexity index is 409. The van der Waals surface area contributed by atoms with E-state index in [0.717, 1.165) is 12.1 Å². The van der Waals surface area contributed by atoms with Gasteiger partial charge in [-0.2, -0.15) is 0 Å². The minimum absolute atomic E-state index is 0.0815. The van der Waals surface area contributed by atoms with E-state index in [4.69, 9.17) is 32.7 Å². The number of rotatable bonds is 2. The molecule has 0 aliphatic carbocycles. The predicted octanol–water partition coefficient (Wildman–Crippen LogP) is 3.31. The molecule has 94 valence electrons. The number of alkyl halides is 1. The van der Waals surface area contributed by atoms with E-state index in [1.54, 1.807) is 0 Å². The van der Waals surface area contributed by atoms with Crippen molar-refractivity contribution in [3.8, 4) is 0 Å². The Morgan fingerprint density at radius 3 is 2.59 bits per heavy atom. The summed E-state index contributed by atoms with van der Waals surface area (Å²) in [4.78, 5) is 0. The van der Waals surface area contributed by atoms with Crippen molar-refractivity contribution >= 4 is 23.2 Å². The van der Waals surface area contributed by atoms with Gasteiger partial charge in [-0.15, -0.1) is 11.6 Å². The average Bonchev–Trinajstić information content (AvgIpc) is 2.34. The van der Waals surface area contributed by atoms with Crippen molar-refractivity contribution in [3.63, 3.8) is 0 Å². The second-order valence-electron chi connectivity index (χ2n) is 3.67. The summed E-state index contributed by atoms with van der Waals surface area (Å²) in [7, 11) is 0. The van der Waals surface area contributed by atoms with Crippen molar-refractivity contribution in [3.05, 3.63) is 34.4 Å². The van der Waals surface area contributed by atoms with Crippen LogP contribution in [0.3, 0.4) is 0 Å². The Morgan fingerprint density at radius 2 is 1.94 bits per heavy atom. The van der Waals surface area contributed by atoms with Crippen molar-refractivity contribution in [2.24, 2.45) is 0 Å². The normalized spacial score (nSPS) is 22.5. The largest absolute Gasteiger partial charge is 0.376 e. The third-order valence-corrected chi connectivity index (χ3v) is 3.35. The van der Waals surface area contributed by atoms with E-state index >= 15 is 0 Å². The first-order chi connectivity index (χ1) is 8.09. The molecule has 0 saturated carbocycles. The van der Waals surface area contributed by atoms with Crippen LogP contribution < -0.4 is 0 Å². The number of hydrogen-bond acceptors (Lipinski definition) is 2. The molecule has 1 saturated heterocycles. The van der Waals surface area contributed by atoms with Crippen molar-refractivity contribution in [2.75, 3.05) is 19.8 Å². The lowest BCUT2D eigenvalue weighted by Gasteiger charge is -2.27. The number of hydrogen-bond donors (Lipinski definition) is 0. The second-order valence-corrected chi connectivity index (χ2v) is 4.55. The van der Waals surface area contributed by atoms with E-state index in [1.807, 2.05) is 0 Å². The minimum Gasteiger partial charge on any atom is -0.376 e. The van der Waals surface area contributed by atoms with Crippen molar-refractivity contribution < 1.29 is 18.3 Å². The maximum absolute atomic E-state index is 13.1. The molecule has 0 aromatic heterocycles. The first-order valence-corrected chi connectivity index (χ1v) is 5.89. The summed E-state index contributed by atoms with van der Waals surface area (Å²) in [5.74, 6) is -1.98. The van der Waals surface area contributed by atoms with Gasteiger partial charge >= 0.3 is 0 Å². The van der Waals surface area contributed by atoms with Crippen LogP contribution in [0.1, 0.15) is 10.9 Å². The molecule has 0 bridgehead atoms. The Labute approximate surface area is 107 Å². The Hall–Kier alpha value is -0.420. The van der Waals surface area contributed by atoms with Crippen LogP contribution >= 0.6 is 23.2 Å². The molecule has 0 radical (unpaired) electrons. The Balaban J connectivity index is 2.23. The predicted molar refractivity (Wildman–Crippen MR) is 60.5 cm³/mol. The van der Waals surface area contributed by atoms with Crippen LogP contribution in [0.15, 0.2) is 12.1 Å². The summed E-state index contributed by atoms with van der Waals surface area (Å²) < 4.78 is 36.6. The van der Waals surface area contributed by atoms with E-state index in [1.165, 1.54) is 0 Å². The highest BCUT2D eigenvalue weighted by atomic mass is 35.5. The first-order valence-electron chi connectivity index (χ1n) is 5.07. The number of halogens is 4. The average molecular weight is 283 g/mol. The zero-order valence-electron chi connectivity index (χ0n) is 8.76. The molecule has 17 heavy (non-hydrogen) atoms. The molecule has 1 fully saturated rings. The molecule has 1 heterocycles. The maximum atomic E-state index is 13.1. The van der Waals surface area contributed by atoms with Gasteiger partial charge in [-0.25, -0.2) is 8.78 Å². The Kier molecular flexibility index (Phi) is 4.20. The molecule has 1 aliphatic heterocycles. The highest BCUT2D eigenvalue weighted by Gasteiger charge is 2.27. The van der Waals surface area contributed by atoms with Crippen LogP contribution in [0.2, 0.25) is 5.02 Å². The molecule has 0 N–H and O–H groups in total. The fourth-order valence-electron chi connectivity index (χ4n) is 1.62. The summed E-state index contributed by atoms with van der Waals surface area (Å²) in [6.45, 7) is 1.24. The third kappa shape index (κ3) is 2.88. The quantitative estimate of drug-likeness (QED) is 0.612. The fraction of sp³-hybridized carbons (Fsp3) is 0.455. The number of benzene rings is 1. The van der Waals surface area contributed by atoms with Gasteiger partial charge in [-0.3, -0.25) is 0 Å². The van der Waals surface area contributed by atoms with Crippen LogP contribution in [0.4, 0.5) is 8.78 Å². The molecule has 0 spiro atoms. The van der Waals surface area contributed by atoms with Crippen LogP contribution in [0.25, 0.3) is 0 Å². The Morgan fingerprint density at radius 1 is 1.24 bits per heavy atom. The highest BCUT2D eigenvalue weighted by Crippen LogP contribution is 2.34. The van der Waals surface area contributed by atoms with Crippen LogP contribution in [0, 0.1) is 11.6 Å². The van der Waals surface area contributed by atoms with Crippen molar-refractivity contribution in [2.45, 2.75) is 11.5 Å². The second kappa shape index (κ2) is 5.48. The lowest BCUT2D eigenvalue weighted by atomic mass is 10.1. The first kappa shape index (κ1) is 13.0. The van der Waals surface area contributed by atoms with Gasteiger partial charge in [0.05, 0.1) is 25.2 Å². The summed E-state index contributed by atoms with van der Waals surface area (Å²) in [5.41, 5.74) is 0.308. The van der Waals surface area contributed by atoms with E-state index < -0.39 is 23.1 Å². The smallest absolute Gasteiger partial charge is 0.160 e. The minimum atomic E-state index is -0.997. The molecular formula is C11H10Cl2F2O2. The molecule has 2 rings (SSSR count). The number of ether oxygens (including phenoxy) is 2. The molecule has 1 aromatic rings. The van der Waals surface area contributed by atoms with Crippen LogP contribution in [-0.2, 0) is 9.47 Å². The van der Waals surface area contributed by atoms with Gasteiger partial charge in [0.1, 0.15) is 6.10 Å². The van der Waals surface area contributed by atoms with E-state index in [-0.39, 0.29) is 5.02 Å². The third-order valence-electron chi connectivity index (χ3n) is 2.50. The summed E-state index contributed by atoms with van der Waals surface area (Å²) in [6.07, 6.45) is -0.409. The van der Waals surface area contributed by atoms with Crippen molar-refractivity contribution in [1.29, 1.82) is 0 Å². The SMILES string of the molecule is Fc1cc(Cl)c(C(Cl)C2COCCO2)cc1F. The standard InChI is InChI=1S/C11H10Cl2F2O2/c12-7-4-9(15)8(14)3-6(7)11(13)10-5-16-1-2-17-10/h3-4,10-11H,1-2,5H2. The van der Waals surface area contributed by atoms with E-state index in [0.29, 0.717) is 25.4 Å². The lowest BCUT2D eigenvalue weighted by molar-refractivity contribution is -0.0892. The molecule has 6 heteroatoms. The van der Waals surface area contributed by atoms with Gasteiger partial charge in [0.2, 0.25) is 0 Å². The zero-order chi connectivity index (χ0) is 12.4. The van der Waals surface area contributed by atoms with Gasteiger partial charge < -0.3 is 9.47 Å². The molecule has 2 atom stereocenters. The molecular weight excluding hydrogens is 273 g/mol. The van der Waals surface area contributed by atoms with Gasteiger partial charge in [0.25, 0.3) is 0 Å². The van der Waals surface area contributed by atoms with Gasteiger partial charge in [0, 0.05) is 5.02 Å². The summed E-state index contributed by atoms with van der Waals surface area (Å²) >= 11 is 12.0. The lowest BCUT2D eigenvalue weighted by Crippen LogP contribution is -2.32. The fourth-order valence-corrected chi connectivity index (χ4v) is 2.27. The summed E-state index contributed by atoms with van der Waals surface area (Å²) in [6, 6.07) is 1.90. The van der Waals surface area contributed by atoms with Gasteiger partial charge in [-0.1, -0.05) is 11.6 Å². The molecule has 2 nitrogen and oxygen atoms in total. The summed E-state index contributed by atoms with van der Waals surface area (Å²) in [5, 5.41) is -0.587. The van der Waals surface area contributed by atoms with Crippen LogP contribution in [-0.4, -0.2) is 25.9 Å². The monoisotopic (exact) mass is 282 g/mol. The van der Waals surface area contributed by atoms with Gasteiger partial charge in [-0.05, 0) is 17.7 Å². The topological polar surface area (TPSA) is 18.5 Å². The van der Waals surface area contributed by atoms with E-state index in [2.05, 4.69) is 0 Å². The van der Waals surface area contributed by atoms with Gasteiger partial charge in [0.15, 0.2) is 11.6 Å². The van der Waals surface area contributed by atoms with Crippen molar-refractivity contribution in [1.82, 2.24) is 0 Å². The molecule has 2 unspecified atom stereocenters. The zero-order valence-corrected chi connectivity index (χ0v) is 10.3. The molecule has 1 aromatic carbocycles. The highest BCUT2D eigenvalue weighted by molar-refractivity contribution is 6.32. The maximum Gasteiger partial charge on any atom is 0.160 e. The molecule has 1 aliphatic rings. The van der Waals surface area contributed by atoms with Crippen LogP contribution in [0.5, 0.6) is 0 Å². The molecule has 0 amide bonds. The van der Waals surface area contributed by atoms with E-state index in [9.17, 15) is 8.78 Å².